The molecule has 0 aromatic heterocycles. The average Bonchev–Trinajstić information content (AvgIpc) is 3.22. The van der Waals surface area contributed by atoms with Crippen LogP contribution in [0.25, 0.3) is 0 Å². The highest BCUT2D eigenvalue weighted by atomic mass is 16.6. The van der Waals surface area contributed by atoms with E-state index >= 15 is 0 Å². The molecule has 0 heterocycles. The summed E-state index contributed by atoms with van der Waals surface area (Å²) in [5, 5.41) is 8.76. The first-order valence-electron chi connectivity index (χ1n) is 6.08. The number of hydrogen-bond donors (Lipinski definition) is 3. The summed E-state index contributed by atoms with van der Waals surface area (Å²) in [5.41, 5.74) is 5.95. The average molecular weight is 264 g/mol. The van der Waals surface area contributed by atoms with Gasteiger partial charge in [0.05, 0.1) is 0 Å². The molecule has 1 fully saturated rings. The second-order valence-corrected chi connectivity index (χ2v) is 4.54. The SMILES string of the molecule is CC(=O)NOCc1c(C(=O)NO)cccc1C1CC1. The second-order valence-electron chi connectivity index (χ2n) is 4.54. The van der Waals surface area contributed by atoms with Crippen LogP contribution in [-0.2, 0) is 16.2 Å². The Morgan fingerprint density at radius 3 is 2.74 bits per heavy atom. The van der Waals surface area contributed by atoms with Crippen molar-refractivity contribution >= 4 is 11.8 Å². The van der Waals surface area contributed by atoms with E-state index in [1.807, 2.05) is 6.07 Å². The third-order valence-electron chi connectivity index (χ3n) is 3.01. The summed E-state index contributed by atoms with van der Waals surface area (Å²) in [6.07, 6.45) is 2.16. The Morgan fingerprint density at radius 1 is 1.42 bits per heavy atom. The number of amides is 2. The number of carbonyl (C=O) groups is 2. The van der Waals surface area contributed by atoms with Crippen LogP contribution in [-0.4, -0.2) is 17.0 Å². The molecule has 102 valence electrons. The van der Waals surface area contributed by atoms with Gasteiger partial charge in [0, 0.05) is 12.5 Å². The Labute approximate surface area is 110 Å². The molecule has 1 aliphatic carbocycles. The van der Waals surface area contributed by atoms with E-state index in [4.69, 9.17) is 10.0 Å². The Bertz CT molecular complexity index is 497. The molecule has 0 atom stereocenters. The zero-order valence-electron chi connectivity index (χ0n) is 10.6. The first-order chi connectivity index (χ1) is 9.13. The lowest BCUT2D eigenvalue weighted by Crippen LogP contribution is -2.24. The van der Waals surface area contributed by atoms with Crippen LogP contribution in [0.4, 0.5) is 0 Å². The molecule has 6 heteroatoms. The lowest BCUT2D eigenvalue weighted by Gasteiger charge is -2.13. The van der Waals surface area contributed by atoms with Crippen LogP contribution in [0.2, 0.25) is 0 Å². The molecule has 2 amide bonds. The van der Waals surface area contributed by atoms with E-state index in [9.17, 15) is 9.59 Å². The Morgan fingerprint density at radius 2 is 2.16 bits per heavy atom. The molecule has 1 aromatic carbocycles. The molecule has 1 aliphatic rings. The molecule has 1 aromatic rings. The number of carbonyl (C=O) groups excluding carboxylic acids is 2. The fourth-order valence-electron chi connectivity index (χ4n) is 2.03. The minimum atomic E-state index is -0.580. The molecule has 0 aliphatic heterocycles. The maximum atomic E-state index is 11.6. The van der Waals surface area contributed by atoms with Crippen LogP contribution in [0.15, 0.2) is 18.2 Å². The highest BCUT2D eigenvalue weighted by Gasteiger charge is 2.28. The Kier molecular flexibility index (Phi) is 4.13. The fourth-order valence-corrected chi connectivity index (χ4v) is 2.03. The lowest BCUT2D eigenvalue weighted by atomic mass is 9.98. The molecule has 19 heavy (non-hydrogen) atoms. The monoisotopic (exact) mass is 264 g/mol. The Balaban J connectivity index is 2.24. The zero-order valence-corrected chi connectivity index (χ0v) is 10.6. The Hall–Kier alpha value is -1.92. The molecule has 2 rings (SSSR count). The number of nitrogens with one attached hydrogen (secondary N) is 2. The molecule has 1 saturated carbocycles. The van der Waals surface area contributed by atoms with Gasteiger partial charge in [-0.05, 0) is 36.0 Å². The third kappa shape index (κ3) is 3.30. The van der Waals surface area contributed by atoms with Crippen LogP contribution in [0, 0.1) is 0 Å². The van der Waals surface area contributed by atoms with Crippen LogP contribution in [0.5, 0.6) is 0 Å². The van der Waals surface area contributed by atoms with Gasteiger partial charge < -0.3 is 0 Å². The summed E-state index contributed by atoms with van der Waals surface area (Å²) in [7, 11) is 0. The largest absolute Gasteiger partial charge is 0.288 e. The number of hydroxylamine groups is 2. The minimum Gasteiger partial charge on any atom is -0.288 e. The van der Waals surface area contributed by atoms with Gasteiger partial charge in [0.1, 0.15) is 6.61 Å². The summed E-state index contributed by atoms with van der Waals surface area (Å²) < 4.78 is 0. The van der Waals surface area contributed by atoms with Crippen molar-refractivity contribution in [1.29, 1.82) is 0 Å². The molecule has 3 N–H and O–H groups in total. The van der Waals surface area contributed by atoms with Crippen molar-refractivity contribution in [2.24, 2.45) is 0 Å². The van der Waals surface area contributed by atoms with Crippen molar-refractivity contribution in [3.05, 3.63) is 34.9 Å². The first kappa shape index (κ1) is 13.5. The fraction of sp³-hybridized carbons (Fsp3) is 0.385. The van der Waals surface area contributed by atoms with Crippen LogP contribution in [0.3, 0.4) is 0 Å². The van der Waals surface area contributed by atoms with Crippen molar-refractivity contribution in [1.82, 2.24) is 11.0 Å². The minimum absolute atomic E-state index is 0.0923. The van der Waals surface area contributed by atoms with Crippen molar-refractivity contribution < 1.29 is 19.6 Å². The van der Waals surface area contributed by atoms with E-state index in [1.165, 1.54) is 6.92 Å². The van der Waals surface area contributed by atoms with Crippen LogP contribution in [0.1, 0.15) is 47.2 Å². The predicted octanol–water partition coefficient (Wildman–Crippen LogP) is 1.25. The van der Waals surface area contributed by atoms with E-state index in [0.717, 1.165) is 18.4 Å². The molecular weight excluding hydrogens is 248 g/mol. The maximum Gasteiger partial charge on any atom is 0.275 e. The van der Waals surface area contributed by atoms with Crippen LogP contribution < -0.4 is 11.0 Å². The number of benzene rings is 1. The second kappa shape index (κ2) is 5.81. The van der Waals surface area contributed by atoms with Gasteiger partial charge in [0.25, 0.3) is 5.91 Å². The zero-order chi connectivity index (χ0) is 13.8. The standard InChI is InChI=1S/C13H16N2O4/c1-8(16)15-19-7-12-10(9-5-6-9)3-2-4-11(12)13(17)14-18/h2-4,9,18H,5-7H2,1H3,(H,14,17)(H,15,16). The van der Waals surface area contributed by atoms with E-state index in [0.29, 0.717) is 17.0 Å². The third-order valence-corrected chi connectivity index (χ3v) is 3.01. The molecule has 0 bridgehead atoms. The van der Waals surface area contributed by atoms with Gasteiger partial charge in [-0.1, -0.05) is 12.1 Å². The van der Waals surface area contributed by atoms with Crippen molar-refractivity contribution in [2.45, 2.75) is 32.3 Å². The highest BCUT2D eigenvalue weighted by molar-refractivity contribution is 5.95. The molecule has 6 nitrogen and oxygen atoms in total. The molecule has 0 spiro atoms. The van der Waals surface area contributed by atoms with Gasteiger partial charge in [-0.15, -0.1) is 0 Å². The van der Waals surface area contributed by atoms with Crippen molar-refractivity contribution in [2.75, 3.05) is 0 Å². The van der Waals surface area contributed by atoms with E-state index in [1.54, 1.807) is 17.6 Å². The summed E-state index contributed by atoms with van der Waals surface area (Å²) in [6, 6.07) is 5.34. The van der Waals surface area contributed by atoms with Crippen LogP contribution >= 0.6 is 0 Å². The summed E-state index contributed by atoms with van der Waals surface area (Å²) in [5.74, 6) is -0.455. The van der Waals surface area contributed by atoms with Gasteiger partial charge in [0.15, 0.2) is 0 Å². The smallest absolute Gasteiger partial charge is 0.275 e. The molecular formula is C13H16N2O4. The van der Waals surface area contributed by atoms with Crippen molar-refractivity contribution in [3.63, 3.8) is 0 Å². The normalized spacial score (nSPS) is 14.0. The predicted molar refractivity (Wildman–Crippen MR) is 66.3 cm³/mol. The number of rotatable bonds is 5. The lowest BCUT2D eigenvalue weighted by molar-refractivity contribution is -0.132. The highest BCUT2D eigenvalue weighted by Crippen LogP contribution is 2.42. The summed E-state index contributed by atoms with van der Waals surface area (Å²) in [6.45, 7) is 1.43. The summed E-state index contributed by atoms with van der Waals surface area (Å²) >= 11 is 0. The van der Waals surface area contributed by atoms with Gasteiger partial charge in [0.2, 0.25) is 5.91 Å². The van der Waals surface area contributed by atoms with Gasteiger partial charge in [-0.3, -0.25) is 19.6 Å². The molecule has 0 saturated heterocycles. The van der Waals surface area contributed by atoms with E-state index in [-0.39, 0.29) is 12.5 Å². The van der Waals surface area contributed by atoms with Gasteiger partial charge in [-0.2, -0.15) is 0 Å². The number of hydrogen-bond acceptors (Lipinski definition) is 4. The maximum absolute atomic E-state index is 11.6. The first-order valence-corrected chi connectivity index (χ1v) is 6.08. The topological polar surface area (TPSA) is 87.7 Å². The summed E-state index contributed by atoms with van der Waals surface area (Å²) in [4.78, 5) is 27.5. The van der Waals surface area contributed by atoms with Gasteiger partial charge in [-0.25, -0.2) is 11.0 Å². The van der Waals surface area contributed by atoms with Gasteiger partial charge >= 0.3 is 0 Å². The quantitative estimate of drug-likeness (QED) is 0.551. The van der Waals surface area contributed by atoms with E-state index < -0.39 is 5.91 Å². The van der Waals surface area contributed by atoms with E-state index in [2.05, 4.69) is 5.48 Å². The molecule has 0 radical (unpaired) electrons. The van der Waals surface area contributed by atoms with Crippen molar-refractivity contribution in [3.8, 4) is 0 Å². The molecule has 0 unspecified atom stereocenters.